The fourth-order valence-electron chi connectivity index (χ4n) is 2.16. The Kier molecular flexibility index (Phi) is 3.56. The van der Waals surface area contributed by atoms with Gasteiger partial charge in [-0.25, -0.2) is 0 Å². The third-order valence-electron chi connectivity index (χ3n) is 2.71. The minimum absolute atomic E-state index is 0.442. The number of aliphatic hydroxyl groups is 1. The Morgan fingerprint density at radius 1 is 1.43 bits per heavy atom. The second-order valence-corrected chi connectivity index (χ2v) is 5.55. The molecule has 1 heterocycles. The first-order valence-corrected chi connectivity index (χ1v) is 5.28. The molecule has 1 fully saturated rings. The zero-order valence-electron chi connectivity index (χ0n) is 9.84. The molecule has 3 nitrogen and oxygen atoms in total. The van der Waals surface area contributed by atoms with Crippen LogP contribution in [0.5, 0.6) is 0 Å². The molecule has 0 radical (unpaired) electrons. The molecule has 0 aromatic heterocycles. The van der Waals surface area contributed by atoms with E-state index in [-0.39, 0.29) is 0 Å². The molecule has 0 amide bonds. The van der Waals surface area contributed by atoms with Gasteiger partial charge in [-0.15, -0.1) is 0 Å². The zero-order chi connectivity index (χ0) is 10.8. The molecule has 1 aliphatic rings. The maximum Gasteiger partial charge on any atom is 0.0768 e. The highest BCUT2D eigenvalue weighted by atomic mass is 16.5. The van der Waals surface area contributed by atoms with Gasteiger partial charge >= 0.3 is 0 Å². The van der Waals surface area contributed by atoms with E-state index in [4.69, 9.17) is 4.74 Å². The van der Waals surface area contributed by atoms with E-state index in [9.17, 15) is 5.11 Å². The Labute approximate surface area is 87.1 Å². The van der Waals surface area contributed by atoms with Crippen molar-refractivity contribution in [1.29, 1.82) is 0 Å². The summed E-state index contributed by atoms with van der Waals surface area (Å²) in [6, 6.07) is 0. The molecule has 0 saturated carbocycles. The third kappa shape index (κ3) is 3.56. The minimum atomic E-state index is -0.605. The van der Waals surface area contributed by atoms with E-state index in [1.807, 2.05) is 6.92 Å². The van der Waals surface area contributed by atoms with Crippen LogP contribution >= 0.6 is 0 Å². The number of hydrogen-bond acceptors (Lipinski definition) is 3. The third-order valence-corrected chi connectivity index (χ3v) is 2.71. The van der Waals surface area contributed by atoms with Crippen LogP contribution in [0.1, 0.15) is 27.2 Å². The number of nitrogens with zero attached hydrogens (tertiary/aromatic N) is 1. The molecule has 0 aromatic rings. The Morgan fingerprint density at radius 2 is 2.00 bits per heavy atom. The van der Waals surface area contributed by atoms with Gasteiger partial charge in [0.15, 0.2) is 0 Å². The van der Waals surface area contributed by atoms with Crippen molar-refractivity contribution in [2.24, 2.45) is 5.41 Å². The lowest BCUT2D eigenvalue weighted by Gasteiger charge is -2.48. The van der Waals surface area contributed by atoms with Crippen LogP contribution in [0.2, 0.25) is 0 Å². The molecule has 3 heteroatoms. The molecule has 84 valence electrons. The van der Waals surface area contributed by atoms with Crippen LogP contribution in [-0.4, -0.2) is 49.0 Å². The van der Waals surface area contributed by atoms with Crippen LogP contribution in [-0.2, 0) is 4.74 Å². The SMILES string of the molecule is COCCC(C)(O)CN1CC(C)(C)C1. The summed E-state index contributed by atoms with van der Waals surface area (Å²) in [6.07, 6.45) is 0.709. The highest BCUT2D eigenvalue weighted by Gasteiger charge is 2.37. The predicted octanol–water partition coefficient (Wildman–Crippen LogP) is 1.12. The van der Waals surface area contributed by atoms with E-state index in [1.54, 1.807) is 7.11 Å². The number of likely N-dealkylation sites (tertiary alicyclic amines) is 1. The molecule has 1 N–H and O–H groups in total. The molecule has 0 aliphatic carbocycles. The predicted molar refractivity (Wildman–Crippen MR) is 57.3 cm³/mol. The first kappa shape index (κ1) is 12.0. The van der Waals surface area contributed by atoms with Crippen molar-refractivity contribution < 1.29 is 9.84 Å². The quantitative estimate of drug-likeness (QED) is 0.723. The van der Waals surface area contributed by atoms with Crippen molar-refractivity contribution >= 4 is 0 Å². The van der Waals surface area contributed by atoms with Crippen molar-refractivity contribution in [2.45, 2.75) is 32.8 Å². The lowest BCUT2D eigenvalue weighted by Crippen LogP contribution is -2.57. The normalized spacial score (nSPS) is 25.5. The van der Waals surface area contributed by atoms with Gasteiger partial charge in [-0.05, 0) is 12.3 Å². The standard InChI is InChI=1S/C11H23NO2/c1-10(2)7-12(8-10)9-11(3,13)5-6-14-4/h13H,5-9H2,1-4H3. The van der Waals surface area contributed by atoms with Gasteiger partial charge in [0, 0.05) is 39.8 Å². The second kappa shape index (κ2) is 4.17. The van der Waals surface area contributed by atoms with Crippen LogP contribution in [0.25, 0.3) is 0 Å². The van der Waals surface area contributed by atoms with Gasteiger partial charge in [0.05, 0.1) is 5.60 Å². The summed E-state index contributed by atoms with van der Waals surface area (Å²) >= 11 is 0. The van der Waals surface area contributed by atoms with Gasteiger partial charge in [0.2, 0.25) is 0 Å². The summed E-state index contributed by atoms with van der Waals surface area (Å²) in [6.45, 7) is 9.98. The van der Waals surface area contributed by atoms with Crippen molar-refractivity contribution in [1.82, 2.24) is 4.90 Å². The Bertz CT molecular complexity index is 182. The molecule has 0 aromatic carbocycles. The smallest absolute Gasteiger partial charge is 0.0768 e. The summed E-state index contributed by atoms with van der Waals surface area (Å²) in [5.74, 6) is 0. The van der Waals surface area contributed by atoms with E-state index < -0.39 is 5.60 Å². The molecule has 1 atom stereocenters. The van der Waals surface area contributed by atoms with Crippen LogP contribution in [0, 0.1) is 5.41 Å². The number of ether oxygens (including phenoxy) is 1. The number of hydrogen-bond donors (Lipinski definition) is 1. The molecule has 1 saturated heterocycles. The molecule has 0 spiro atoms. The molecule has 1 unspecified atom stereocenters. The maximum atomic E-state index is 10.0. The number of β-amino-alcohol motifs (C(OH)–C–C–N with tert-alkyl or cyclic N) is 1. The summed E-state index contributed by atoms with van der Waals surface area (Å²) in [5.41, 5.74) is -0.163. The molecular weight excluding hydrogens is 178 g/mol. The lowest BCUT2D eigenvalue weighted by molar-refractivity contribution is -0.0573. The van der Waals surface area contributed by atoms with Gasteiger partial charge in [-0.3, -0.25) is 4.90 Å². The monoisotopic (exact) mass is 201 g/mol. The lowest BCUT2D eigenvalue weighted by atomic mass is 9.83. The van der Waals surface area contributed by atoms with E-state index in [2.05, 4.69) is 18.7 Å². The average Bonchev–Trinajstić information content (AvgIpc) is 1.97. The van der Waals surface area contributed by atoms with Crippen molar-refractivity contribution in [3.63, 3.8) is 0 Å². The van der Waals surface area contributed by atoms with E-state index in [1.165, 1.54) is 0 Å². The van der Waals surface area contributed by atoms with Crippen LogP contribution < -0.4 is 0 Å². The fourth-order valence-corrected chi connectivity index (χ4v) is 2.16. The Balaban J connectivity index is 2.23. The Hall–Kier alpha value is -0.120. The van der Waals surface area contributed by atoms with Crippen molar-refractivity contribution in [2.75, 3.05) is 33.4 Å². The van der Waals surface area contributed by atoms with Gasteiger partial charge in [0.1, 0.15) is 0 Å². The number of rotatable bonds is 5. The summed E-state index contributed by atoms with van der Waals surface area (Å²) in [7, 11) is 1.67. The molecular formula is C11H23NO2. The highest BCUT2D eigenvalue weighted by Crippen LogP contribution is 2.30. The second-order valence-electron chi connectivity index (χ2n) is 5.55. The van der Waals surface area contributed by atoms with Gasteiger partial charge in [0.25, 0.3) is 0 Å². The first-order chi connectivity index (χ1) is 6.35. The molecule has 1 aliphatic heterocycles. The average molecular weight is 201 g/mol. The van der Waals surface area contributed by atoms with E-state index >= 15 is 0 Å². The maximum absolute atomic E-state index is 10.0. The van der Waals surface area contributed by atoms with Crippen LogP contribution in [0.4, 0.5) is 0 Å². The van der Waals surface area contributed by atoms with Gasteiger partial charge in [-0.1, -0.05) is 13.8 Å². The van der Waals surface area contributed by atoms with E-state index in [0.717, 1.165) is 19.6 Å². The van der Waals surface area contributed by atoms with Crippen LogP contribution in [0.3, 0.4) is 0 Å². The van der Waals surface area contributed by atoms with Gasteiger partial charge < -0.3 is 9.84 Å². The largest absolute Gasteiger partial charge is 0.389 e. The fraction of sp³-hybridized carbons (Fsp3) is 1.00. The highest BCUT2D eigenvalue weighted by molar-refractivity contribution is 4.91. The van der Waals surface area contributed by atoms with Crippen molar-refractivity contribution in [3.05, 3.63) is 0 Å². The van der Waals surface area contributed by atoms with Crippen LogP contribution in [0.15, 0.2) is 0 Å². The summed E-state index contributed by atoms with van der Waals surface area (Å²) in [4.78, 5) is 2.30. The minimum Gasteiger partial charge on any atom is -0.389 e. The molecule has 14 heavy (non-hydrogen) atoms. The molecule has 1 rings (SSSR count). The topological polar surface area (TPSA) is 32.7 Å². The van der Waals surface area contributed by atoms with Gasteiger partial charge in [-0.2, -0.15) is 0 Å². The first-order valence-electron chi connectivity index (χ1n) is 5.28. The molecule has 0 bridgehead atoms. The zero-order valence-corrected chi connectivity index (χ0v) is 9.84. The Morgan fingerprint density at radius 3 is 2.43 bits per heavy atom. The number of methoxy groups -OCH3 is 1. The van der Waals surface area contributed by atoms with E-state index in [0.29, 0.717) is 18.4 Å². The van der Waals surface area contributed by atoms with Crippen molar-refractivity contribution in [3.8, 4) is 0 Å². The summed E-state index contributed by atoms with van der Waals surface area (Å²) in [5, 5.41) is 10.0. The summed E-state index contributed by atoms with van der Waals surface area (Å²) < 4.78 is 4.97.